The minimum atomic E-state index is -4.07. The van der Waals surface area contributed by atoms with Crippen molar-refractivity contribution < 1.29 is 22.7 Å². The van der Waals surface area contributed by atoms with Crippen molar-refractivity contribution in [1.29, 1.82) is 0 Å². The van der Waals surface area contributed by atoms with E-state index in [1.165, 1.54) is 12.1 Å². The van der Waals surface area contributed by atoms with Gasteiger partial charge in [0.25, 0.3) is 10.0 Å². The summed E-state index contributed by atoms with van der Waals surface area (Å²) in [5, 5.41) is 9.15. The van der Waals surface area contributed by atoms with Gasteiger partial charge in [-0.1, -0.05) is 42.0 Å². The number of aryl methyl sites for hydroxylation is 1. The summed E-state index contributed by atoms with van der Waals surface area (Å²) in [5.74, 6) is -2.10. The normalized spacial score (nSPS) is 11.2. The Morgan fingerprint density at radius 3 is 2.30 bits per heavy atom. The lowest BCUT2D eigenvalue weighted by Crippen LogP contribution is -2.15. The lowest BCUT2D eigenvalue weighted by molar-refractivity contribution is 0.0698. The van der Waals surface area contributed by atoms with Crippen molar-refractivity contribution in [2.75, 3.05) is 4.72 Å². The maximum atomic E-state index is 13.4. The van der Waals surface area contributed by atoms with Crippen molar-refractivity contribution in [1.82, 2.24) is 0 Å². The first kappa shape index (κ1) is 18.6. The second kappa shape index (κ2) is 7.20. The molecule has 2 N–H and O–H groups in total. The number of benzene rings is 3. The van der Waals surface area contributed by atoms with Gasteiger partial charge in [0, 0.05) is 0 Å². The summed E-state index contributed by atoms with van der Waals surface area (Å²) in [6, 6.07) is 16.7. The van der Waals surface area contributed by atoms with Crippen LogP contribution in [-0.2, 0) is 10.0 Å². The lowest BCUT2D eigenvalue weighted by atomic mass is 10.0. The van der Waals surface area contributed by atoms with Crippen molar-refractivity contribution in [2.45, 2.75) is 11.8 Å². The third-order valence-corrected chi connectivity index (χ3v) is 5.35. The second-order valence-corrected chi connectivity index (χ2v) is 7.68. The number of hydrogen-bond donors (Lipinski definition) is 2. The van der Waals surface area contributed by atoms with E-state index in [2.05, 4.69) is 4.72 Å². The number of carbonyl (C=O) groups is 1. The van der Waals surface area contributed by atoms with Gasteiger partial charge in [-0.05, 0) is 48.4 Å². The Morgan fingerprint density at radius 2 is 1.67 bits per heavy atom. The van der Waals surface area contributed by atoms with Crippen molar-refractivity contribution in [3.8, 4) is 11.1 Å². The molecule has 0 atom stereocenters. The van der Waals surface area contributed by atoms with Gasteiger partial charge in [-0.25, -0.2) is 17.6 Å². The van der Waals surface area contributed by atoms with Gasteiger partial charge in [-0.3, -0.25) is 4.72 Å². The Hall–Kier alpha value is -3.19. The number of carboxylic acids is 1. The molecule has 7 heteroatoms. The quantitative estimate of drug-likeness (QED) is 0.686. The van der Waals surface area contributed by atoms with E-state index >= 15 is 0 Å². The fourth-order valence-electron chi connectivity index (χ4n) is 2.64. The van der Waals surface area contributed by atoms with Crippen molar-refractivity contribution in [3.63, 3.8) is 0 Å². The van der Waals surface area contributed by atoms with E-state index < -0.39 is 21.8 Å². The average Bonchev–Trinajstić information content (AvgIpc) is 2.61. The molecule has 0 bridgehead atoms. The molecule has 138 valence electrons. The van der Waals surface area contributed by atoms with Crippen molar-refractivity contribution >= 4 is 21.7 Å². The third-order valence-electron chi connectivity index (χ3n) is 3.97. The van der Waals surface area contributed by atoms with Gasteiger partial charge in [0.15, 0.2) is 0 Å². The predicted octanol–water partition coefficient (Wildman–Crippen LogP) is 4.30. The van der Waals surface area contributed by atoms with Crippen LogP contribution in [0.15, 0.2) is 71.6 Å². The van der Waals surface area contributed by atoms with Crippen LogP contribution < -0.4 is 4.72 Å². The highest BCUT2D eigenvalue weighted by atomic mass is 32.2. The van der Waals surface area contributed by atoms with Crippen LogP contribution in [0.2, 0.25) is 0 Å². The summed E-state index contributed by atoms with van der Waals surface area (Å²) in [6.07, 6.45) is 0. The molecule has 0 saturated carbocycles. The molecule has 0 aliphatic rings. The van der Waals surface area contributed by atoms with Gasteiger partial charge < -0.3 is 5.11 Å². The van der Waals surface area contributed by atoms with E-state index in [1.54, 1.807) is 12.1 Å². The molecule has 0 heterocycles. The van der Waals surface area contributed by atoms with Crippen LogP contribution in [0.3, 0.4) is 0 Å². The molecule has 5 nitrogen and oxygen atoms in total. The number of halogens is 1. The fourth-order valence-corrected chi connectivity index (χ4v) is 3.71. The van der Waals surface area contributed by atoms with Gasteiger partial charge >= 0.3 is 5.97 Å². The molecule has 27 heavy (non-hydrogen) atoms. The molecule has 0 fully saturated rings. The Bertz CT molecular complexity index is 1110. The zero-order valence-corrected chi connectivity index (χ0v) is 15.1. The maximum Gasteiger partial charge on any atom is 0.337 e. The van der Waals surface area contributed by atoms with Crippen LogP contribution in [0.25, 0.3) is 11.1 Å². The summed E-state index contributed by atoms with van der Waals surface area (Å²) in [7, 11) is -4.07. The maximum absolute atomic E-state index is 13.4. The van der Waals surface area contributed by atoms with E-state index in [0.717, 1.165) is 34.9 Å². The Morgan fingerprint density at radius 1 is 0.963 bits per heavy atom. The average molecular weight is 385 g/mol. The fraction of sp³-hybridized carbons (Fsp3) is 0.0500. The number of rotatable bonds is 5. The van der Waals surface area contributed by atoms with Gasteiger partial charge in [-0.2, -0.15) is 0 Å². The molecular weight excluding hydrogens is 369 g/mol. The third kappa shape index (κ3) is 4.15. The number of nitrogens with one attached hydrogen (secondary N) is 1. The minimum Gasteiger partial charge on any atom is -0.478 e. The molecule has 3 aromatic rings. The van der Waals surface area contributed by atoms with E-state index in [1.807, 2.05) is 31.2 Å². The van der Waals surface area contributed by atoms with Gasteiger partial charge in [0.2, 0.25) is 0 Å². The molecule has 3 aromatic carbocycles. The summed E-state index contributed by atoms with van der Waals surface area (Å²) in [5.41, 5.74) is 2.21. The number of hydrogen-bond acceptors (Lipinski definition) is 3. The van der Waals surface area contributed by atoms with Crippen LogP contribution in [0, 0.1) is 12.7 Å². The van der Waals surface area contributed by atoms with Crippen LogP contribution in [0.1, 0.15) is 15.9 Å². The topological polar surface area (TPSA) is 83.5 Å². The molecule has 0 amide bonds. The molecule has 3 rings (SSSR count). The summed E-state index contributed by atoms with van der Waals surface area (Å²) >= 11 is 0. The highest BCUT2D eigenvalue weighted by Gasteiger charge is 2.19. The second-order valence-electron chi connectivity index (χ2n) is 5.99. The van der Waals surface area contributed by atoms with Crippen LogP contribution in [0.4, 0.5) is 10.1 Å². The van der Waals surface area contributed by atoms with Crippen LogP contribution in [-0.4, -0.2) is 19.5 Å². The van der Waals surface area contributed by atoms with Crippen molar-refractivity contribution in [3.05, 3.63) is 83.7 Å². The number of sulfonamides is 1. The molecule has 0 aliphatic heterocycles. The van der Waals surface area contributed by atoms with Gasteiger partial charge in [-0.15, -0.1) is 0 Å². The Kier molecular flexibility index (Phi) is 4.96. The first-order chi connectivity index (χ1) is 12.8. The Labute approximate surface area is 156 Å². The zero-order chi connectivity index (χ0) is 19.6. The van der Waals surface area contributed by atoms with Crippen LogP contribution in [0.5, 0.6) is 0 Å². The largest absolute Gasteiger partial charge is 0.478 e. The van der Waals surface area contributed by atoms with Gasteiger partial charge in [0.05, 0.1) is 16.1 Å². The summed E-state index contributed by atoms with van der Waals surface area (Å²) in [4.78, 5) is 11.2. The van der Waals surface area contributed by atoms with Gasteiger partial charge in [0.1, 0.15) is 5.82 Å². The first-order valence-corrected chi connectivity index (χ1v) is 9.47. The van der Waals surface area contributed by atoms with Crippen LogP contribution >= 0.6 is 0 Å². The molecule has 0 aromatic heterocycles. The predicted molar refractivity (Wildman–Crippen MR) is 101 cm³/mol. The van der Waals surface area contributed by atoms with E-state index in [0.29, 0.717) is 0 Å². The van der Waals surface area contributed by atoms with E-state index in [9.17, 15) is 17.6 Å². The van der Waals surface area contributed by atoms with Crippen molar-refractivity contribution in [2.24, 2.45) is 0 Å². The first-order valence-electron chi connectivity index (χ1n) is 7.99. The lowest BCUT2D eigenvalue weighted by Gasteiger charge is -2.11. The summed E-state index contributed by atoms with van der Waals surface area (Å²) < 4.78 is 40.7. The SMILES string of the molecule is Cc1cccc(-c2ccc(S(=O)(=O)Nc3cc(F)ccc3C(=O)O)cc2)c1. The monoisotopic (exact) mass is 385 g/mol. The molecule has 0 radical (unpaired) electrons. The molecule has 0 spiro atoms. The molecule has 0 aliphatic carbocycles. The molecular formula is C20H16FNO4S. The zero-order valence-electron chi connectivity index (χ0n) is 14.3. The smallest absolute Gasteiger partial charge is 0.337 e. The highest BCUT2D eigenvalue weighted by molar-refractivity contribution is 7.92. The Balaban J connectivity index is 1.92. The number of aromatic carboxylic acids is 1. The van der Waals surface area contributed by atoms with E-state index in [4.69, 9.17) is 5.11 Å². The standard InChI is InChI=1S/C20H16FNO4S/c1-13-3-2-4-15(11-13)14-5-8-17(9-6-14)27(25,26)22-19-12-16(21)7-10-18(19)20(23)24/h2-12,22H,1H3,(H,23,24). The molecule has 0 saturated heterocycles. The number of carboxylic acid groups (broad SMARTS) is 1. The number of anilines is 1. The highest BCUT2D eigenvalue weighted by Crippen LogP contribution is 2.25. The molecule has 0 unspecified atom stereocenters. The van der Waals surface area contributed by atoms with E-state index in [-0.39, 0.29) is 16.1 Å². The minimum absolute atomic E-state index is 0.0560. The summed E-state index contributed by atoms with van der Waals surface area (Å²) in [6.45, 7) is 1.96.